The van der Waals surface area contributed by atoms with Crippen molar-refractivity contribution < 1.29 is 9.18 Å². The van der Waals surface area contributed by atoms with E-state index in [1.54, 1.807) is 18.2 Å². The summed E-state index contributed by atoms with van der Waals surface area (Å²) >= 11 is 3.07. The van der Waals surface area contributed by atoms with Gasteiger partial charge < -0.3 is 9.88 Å². The van der Waals surface area contributed by atoms with Crippen molar-refractivity contribution in [1.29, 1.82) is 0 Å². The topological polar surface area (TPSA) is 34.0 Å². The number of aromatic nitrogens is 1. The third-order valence-electron chi connectivity index (χ3n) is 2.70. The molecule has 1 aromatic heterocycles. The molecule has 2 aromatic rings. The molecule has 5 heteroatoms. The van der Waals surface area contributed by atoms with E-state index in [-0.39, 0.29) is 5.91 Å². The lowest BCUT2D eigenvalue weighted by Gasteiger charge is -2.09. The zero-order valence-corrected chi connectivity index (χ0v) is 12.1. The number of aryl methyl sites for hydroxylation is 1. The number of halogens is 2. The molecule has 0 bridgehead atoms. The SMILES string of the molecule is CCCn1cccc1C(=O)Nc1ccc(Br)c(F)c1. The zero-order chi connectivity index (χ0) is 13.8. The summed E-state index contributed by atoms with van der Waals surface area (Å²) in [5.74, 6) is -0.637. The maximum Gasteiger partial charge on any atom is 0.272 e. The molecule has 0 spiro atoms. The van der Waals surface area contributed by atoms with Crippen LogP contribution in [0.3, 0.4) is 0 Å². The van der Waals surface area contributed by atoms with Gasteiger partial charge in [-0.1, -0.05) is 6.92 Å². The molecule has 0 saturated heterocycles. The summed E-state index contributed by atoms with van der Waals surface area (Å²) in [5.41, 5.74) is 1.01. The highest BCUT2D eigenvalue weighted by atomic mass is 79.9. The Morgan fingerprint density at radius 1 is 1.42 bits per heavy atom. The monoisotopic (exact) mass is 324 g/mol. The highest BCUT2D eigenvalue weighted by Crippen LogP contribution is 2.20. The van der Waals surface area contributed by atoms with Gasteiger partial charge in [-0.25, -0.2) is 4.39 Å². The van der Waals surface area contributed by atoms with Gasteiger partial charge in [0.25, 0.3) is 5.91 Å². The number of nitrogens with zero attached hydrogens (tertiary/aromatic N) is 1. The van der Waals surface area contributed by atoms with Crippen LogP contribution >= 0.6 is 15.9 Å². The third kappa shape index (κ3) is 3.23. The van der Waals surface area contributed by atoms with Gasteiger partial charge in [0.1, 0.15) is 11.5 Å². The minimum Gasteiger partial charge on any atom is -0.344 e. The van der Waals surface area contributed by atoms with Crippen molar-refractivity contribution in [2.45, 2.75) is 19.9 Å². The molecule has 3 nitrogen and oxygen atoms in total. The summed E-state index contributed by atoms with van der Waals surface area (Å²) in [6, 6.07) is 8.08. The van der Waals surface area contributed by atoms with Crippen LogP contribution in [0.4, 0.5) is 10.1 Å². The second-order valence-electron chi connectivity index (χ2n) is 4.17. The lowest BCUT2D eigenvalue weighted by Crippen LogP contribution is -2.16. The molecule has 1 amide bonds. The summed E-state index contributed by atoms with van der Waals surface area (Å²) in [7, 11) is 0. The normalized spacial score (nSPS) is 10.5. The van der Waals surface area contributed by atoms with E-state index < -0.39 is 5.82 Å². The van der Waals surface area contributed by atoms with Crippen LogP contribution in [0.15, 0.2) is 41.0 Å². The molecule has 0 atom stereocenters. The summed E-state index contributed by atoms with van der Waals surface area (Å²) in [6.07, 6.45) is 2.81. The van der Waals surface area contributed by atoms with E-state index in [2.05, 4.69) is 21.2 Å². The number of carbonyl (C=O) groups excluding carboxylic acids is 1. The maximum atomic E-state index is 13.4. The predicted molar refractivity (Wildman–Crippen MR) is 76.8 cm³/mol. The van der Waals surface area contributed by atoms with Crippen molar-refractivity contribution in [1.82, 2.24) is 4.57 Å². The molecule has 0 fully saturated rings. The Kier molecular flexibility index (Phi) is 4.37. The number of amides is 1. The summed E-state index contributed by atoms with van der Waals surface area (Å²) in [4.78, 5) is 12.1. The molecule has 2 rings (SSSR count). The first-order valence-corrected chi connectivity index (χ1v) is 6.82. The lowest BCUT2D eigenvalue weighted by atomic mass is 10.3. The van der Waals surface area contributed by atoms with Crippen molar-refractivity contribution in [2.24, 2.45) is 0 Å². The van der Waals surface area contributed by atoms with Crippen molar-refractivity contribution in [2.75, 3.05) is 5.32 Å². The van der Waals surface area contributed by atoms with E-state index in [1.807, 2.05) is 23.8 Å². The van der Waals surface area contributed by atoms with E-state index in [4.69, 9.17) is 0 Å². The molecular weight excluding hydrogens is 311 g/mol. The summed E-state index contributed by atoms with van der Waals surface area (Å²) < 4.78 is 15.6. The second-order valence-corrected chi connectivity index (χ2v) is 5.02. The Bertz CT molecular complexity index is 595. The Morgan fingerprint density at radius 3 is 2.89 bits per heavy atom. The molecule has 0 aliphatic rings. The fourth-order valence-electron chi connectivity index (χ4n) is 1.83. The average Bonchev–Trinajstić information content (AvgIpc) is 2.83. The van der Waals surface area contributed by atoms with Gasteiger partial charge in [-0.15, -0.1) is 0 Å². The van der Waals surface area contributed by atoms with Crippen LogP contribution in [0.1, 0.15) is 23.8 Å². The number of anilines is 1. The van der Waals surface area contributed by atoms with Crippen LogP contribution < -0.4 is 5.32 Å². The van der Waals surface area contributed by atoms with Crippen LogP contribution in [-0.2, 0) is 6.54 Å². The zero-order valence-electron chi connectivity index (χ0n) is 10.5. The molecule has 1 N–H and O–H groups in total. The van der Waals surface area contributed by atoms with Gasteiger partial charge in [0.15, 0.2) is 0 Å². The van der Waals surface area contributed by atoms with Crippen molar-refractivity contribution in [3.8, 4) is 0 Å². The molecule has 0 aliphatic heterocycles. The number of carbonyl (C=O) groups is 1. The van der Waals surface area contributed by atoms with Gasteiger partial charge in [-0.3, -0.25) is 4.79 Å². The molecule has 1 aromatic carbocycles. The molecule has 100 valence electrons. The molecular formula is C14H14BrFN2O. The van der Waals surface area contributed by atoms with Gasteiger partial charge >= 0.3 is 0 Å². The van der Waals surface area contributed by atoms with E-state index in [0.717, 1.165) is 13.0 Å². The van der Waals surface area contributed by atoms with Crippen LogP contribution in [0.5, 0.6) is 0 Å². The Morgan fingerprint density at radius 2 is 2.21 bits per heavy atom. The molecule has 0 radical (unpaired) electrons. The number of rotatable bonds is 4. The molecule has 0 saturated carbocycles. The van der Waals surface area contributed by atoms with E-state index in [1.165, 1.54) is 6.07 Å². The quantitative estimate of drug-likeness (QED) is 0.904. The molecule has 19 heavy (non-hydrogen) atoms. The van der Waals surface area contributed by atoms with Gasteiger partial charge in [0.05, 0.1) is 4.47 Å². The van der Waals surface area contributed by atoms with E-state index in [9.17, 15) is 9.18 Å². The Labute approximate surface area is 119 Å². The second kappa shape index (κ2) is 6.02. The van der Waals surface area contributed by atoms with E-state index >= 15 is 0 Å². The Hall–Kier alpha value is -1.62. The number of benzene rings is 1. The number of nitrogens with one attached hydrogen (secondary N) is 1. The minimum absolute atomic E-state index is 0.236. The van der Waals surface area contributed by atoms with Crippen molar-refractivity contribution >= 4 is 27.5 Å². The highest BCUT2D eigenvalue weighted by molar-refractivity contribution is 9.10. The predicted octanol–water partition coefficient (Wildman–Crippen LogP) is 4.05. The van der Waals surface area contributed by atoms with Gasteiger partial charge in [0.2, 0.25) is 0 Å². The Balaban J connectivity index is 2.16. The summed E-state index contributed by atoms with van der Waals surface area (Å²) in [6.45, 7) is 2.83. The number of hydrogen-bond acceptors (Lipinski definition) is 1. The number of hydrogen-bond donors (Lipinski definition) is 1. The standard InChI is InChI=1S/C14H14BrFN2O/c1-2-7-18-8-3-4-13(18)14(19)17-10-5-6-11(15)12(16)9-10/h3-6,8-9H,2,7H2,1H3,(H,17,19). The van der Waals surface area contributed by atoms with Crippen LogP contribution in [-0.4, -0.2) is 10.5 Å². The van der Waals surface area contributed by atoms with Crippen molar-refractivity contribution in [3.05, 3.63) is 52.5 Å². The lowest BCUT2D eigenvalue weighted by molar-refractivity contribution is 0.101. The summed E-state index contributed by atoms with van der Waals surface area (Å²) in [5, 5.41) is 2.69. The van der Waals surface area contributed by atoms with Gasteiger partial charge in [-0.05, 0) is 52.7 Å². The smallest absolute Gasteiger partial charge is 0.272 e. The molecule has 0 aliphatic carbocycles. The molecule has 1 heterocycles. The van der Waals surface area contributed by atoms with Gasteiger partial charge in [-0.2, -0.15) is 0 Å². The first-order chi connectivity index (χ1) is 9.11. The molecule has 0 unspecified atom stereocenters. The van der Waals surface area contributed by atoms with Gasteiger partial charge in [0, 0.05) is 18.4 Å². The largest absolute Gasteiger partial charge is 0.344 e. The van der Waals surface area contributed by atoms with Crippen molar-refractivity contribution in [3.63, 3.8) is 0 Å². The van der Waals surface area contributed by atoms with E-state index in [0.29, 0.717) is 15.9 Å². The van der Waals surface area contributed by atoms with Crippen LogP contribution in [0.25, 0.3) is 0 Å². The third-order valence-corrected chi connectivity index (χ3v) is 3.35. The first kappa shape index (κ1) is 13.8. The fourth-order valence-corrected chi connectivity index (χ4v) is 2.07. The van der Waals surface area contributed by atoms with Crippen LogP contribution in [0, 0.1) is 5.82 Å². The highest BCUT2D eigenvalue weighted by Gasteiger charge is 2.11. The fraction of sp³-hybridized carbons (Fsp3) is 0.214. The maximum absolute atomic E-state index is 13.4. The first-order valence-electron chi connectivity index (χ1n) is 6.03. The minimum atomic E-state index is -0.401. The average molecular weight is 325 g/mol. The van der Waals surface area contributed by atoms with Crippen LogP contribution in [0.2, 0.25) is 0 Å².